The van der Waals surface area contributed by atoms with Crippen molar-refractivity contribution in [3.8, 4) is 11.8 Å². The van der Waals surface area contributed by atoms with Crippen molar-refractivity contribution in [2.24, 2.45) is 0 Å². The van der Waals surface area contributed by atoms with Crippen LogP contribution in [0.15, 0.2) is 42.7 Å². The lowest BCUT2D eigenvalue weighted by molar-refractivity contribution is -0.139. The number of nitrogens with zero attached hydrogens (tertiary/aromatic N) is 4. The molecule has 0 bridgehead atoms. The second-order valence-electron chi connectivity index (χ2n) is 7.09. The molecule has 0 saturated carbocycles. The fraction of sp³-hybridized carbons (Fsp3) is 0.227. The van der Waals surface area contributed by atoms with Crippen molar-refractivity contribution in [1.82, 2.24) is 14.8 Å². The molecule has 154 valence electrons. The maximum atomic E-state index is 13.8. The number of hydrogen-bond donors (Lipinski definition) is 1. The molecule has 3 aromatic rings. The second-order valence-corrected chi connectivity index (χ2v) is 7.09. The van der Waals surface area contributed by atoms with Crippen LogP contribution in [0.4, 0.5) is 19.1 Å². The van der Waals surface area contributed by atoms with E-state index >= 15 is 0 Å². The SMILES string of the molecule is Cc1cc(C(/C=C/c2ccc(-n3cnc(N)n3)c(C#N)c2)C(F)(F)F)cc(C)c1C. The van der Waals surface area contributed by atoms with E-state index in [0.717, 1.165) is 22.8 Å². The third-order valence-corrected chi connectivity index (χ3v) is 5.04. The Labute approximate surface area is 172 Å². The summed E-state index contributed by atoms with van der Waals surface area (Å²) in [6, 6.07) is 9.89. The predicted molar refractivity (Wildman–Crippen MR) is 109 cm³/mol. The quantitative estimate of drug-likeness (QED) is 0.655. The molecule has 0 aliphatic carbocycles. The van der Waals surface area contributed by atoms with E-state index in [-0.39, 0.29) is 17.1 Å². The van der Waals surface area contributed by atoms with E-state index in [4.69, 9.17) is 5.73 Å². The Kier molecular flexibility index (Phi) is 5.65. The van der Waals surface area contributed by atoms with Crippen LogP contribution in [-0.2, 0) is 0 Å². The Morgan fingerprint density at radius 3 is 2.33 bits per heavy atom. The van der Waals surface area contributed by atoms with Crippen LogP contribution in [0.5, 0.6) is 0 Å². The number of rotatable bonds is 4. The number of anilines is 1. The van der Waals surface area contributed by atoms with E-state index in [2.05, 4.69) is 10.1 Å². The molecule has 0 saturated heterocycles. The van der Waals surface area contributed by atoms with Gasteiger partial charge in [-0.1, -0.05) is 30.4 Å². The van der Waals surface area contributed by atoms with Crippen molar-refractivity contribution in [2.75, 3.05) is 5.73 Å². The highest BCUT2D eigenvalue weighted by atomic mass is 19.4. The number of aryl methyl sites for hydroxylation is 2. The van der Waals surface area contributed by atoms with Gasteiger partial charge >= 0.3 is 6.18 Å². The maximum absolute atomic E-state index is 13.8. The molecule has 3 rings (SSSR count). The topological polar surface area (TPSA) is 80.5 Å². The van der Waals surface area contributed by atoms with E-state index in [9.17, 15) is 18.4 Å². The molecule has 0 aliphatic heterocycles. The summed E-state index contributed by atoms with van der Waals surface area (Å²) in [5.74, 6) is -1.70. The molecule has 8 heteroatoms. The zero-order valence-corrected chi connectivity index (χ0v) is 16.7. The Hall–Kier alpha value is -3.60. The zero-order valence-electron chi connectivity index (χ0n) is 16.7. The lowest BCUT2D eigenvalue weighted by Crippen LogP contribution is -2.19. The lowest BCUT2D eigenvalue weighted by atomic mass is 9.91. The van der Waals surface area contributed by atoms with E-state index in [0.29, 0.717) is 11.3 Å². The van der Waals surface area contributed by atoms with Crippen molar-refractivity contribution in [1.29, 1.82) is 5.26 Å². The highest BCUT2D eigenvalue weighted by molar-refractivity contribution is 5.59. The predicted octanol–water partition coefficient (Wildman–Crippen LogP) is 5.01. The van der Waals surface area contributed by atoms with Crippen molar-refractivity contribution in [3.05, 3.63) is 76.1 Å². The van der Waals surface area contributed by atoms with E-state index in [1.54, 1.807) is 38.1 Å². The maximum Gasteiger partial charge on any atom is 0.399 e. The van der Waals surface area contributed by atoms with Crippen LogP contribution in [0, 0.1) is 32.1 Å². The molecule has 2 N–H and O–H groups in total. The fourth-order valence-electron chi connectivity index (χ4n) is 3.20. The summed E-state index contributed by atoms with van der Waals surface area (Å²) in [4.78, 5) is 3.81. The van der Waals surface area contributed by atoms with Gasteiger partial charge in [0.1, 0.15) is 12.4 Å². The van der Waals surface area contributed by atoms with Crippen LogP contribution in [0.25, 0.3) is 11.8 Å². The molecule has 30 heavy (non-hydrogen) atoms. The van der Waals surface area contributed by atoms with Gasteiger partial charge in [0.25, 0.3) is 0 Å². The van der Waals surface area contributed by atoms with Gasteiger partial charge in [0.15, 0.2) is 0 Å². The second kappa shape index (κ2) is 8.03. The van der Waals surface area contributed by atoms with Gasteiger partial charge in [-0.3, -0.25) is 0 Å². The molecule has 0 amide bonds. The Balaban J connectivity index is 1.98. The van der Waals surface area contributed by atoms with Gasteiger partial charge in [-0.2, -0.15) is 18.4 Å². The van der Waals surface area contributed by atoms with Crippen LogP contribution < -0.4 is 5.73 Å². The van der Waals surface area contributed by atoms with E-state index in [1.165, 1.54) is 23.2 Å². The first-order chi connectivity index (χ1) is 14.1. The molecule has 0 aliphatic rings. The standard InChI is InChI=1S/C22H20F3N5/c1-13-8-17(9-14(2)15(13)3)19(22(23,24)25)6-4-16-5-7-20(18(10-16)11-26)30-12-28-21(27)29-30/h4-10,12,19H,1-3H3,(H2,27,29)/b6-4+. The van der Waals surface area contributed by atoms with Crippen LogP contribution in [0.3, 0.4) is 0 Å². The Morgan fingerprint density at radius 2 is 1.80 bits per heavy atom. The first-order valence-corrected chi connectivity index (χ1v) is 9.14. The summed E-state index contributed by atoms with van der Waals surface area (Å²) in [5.41, 5.74) is 9.45. The van der Waals surface area contributed by atoms with Gasteiger partial charge < -0.3 is 5.73 Å². The Bertz CT molecular complexity index is 1130. The number of nitrogen functional groups attached to an aromatic ring is 1. The highest BCUT2D eigenvalue weighted by Gasteiger charge is 2.39. The smallest absolute Gasteiger partial charge is 0.366 e. The molecule has 0 spiro atoms. The molecule has 1 unspecified atom stereocenters. The summed E-state index contributed by atoms with van der Waals surface area (Å²) in [6.07, 6.45) is -0.584. The van der Waals surface area contributed by atoms with Gasteiger partial charge in [0, 0.05) is 0 Å². The molecule has 0 fully saturated rings. The van der Waals surface area contributed by atoms with Crippen molar-refractivity contribution in [2.45, 2.75) is 32.9 Å². The van der Waals surface area contributed by atoms with Crippen LogP contribution in [0.1, 0.15) is 39.3 Å². The number of nitriles is 1. The number of aromatic nitrogens is 3. The molecule has 5 nitrogen and oxygen atoms in total. The molecular formula is C22H20F3N5. The van der Waals surface area contributed by atoms with Gasteiger partial charge in [-0.15, -0.1) is 5.10 Å². The van der Waals surface area contributed by atoms with Crippen LogP contribution >= 0.6 is 0 Å². The van der Waals surface area contributed by atoms with Crippen LogP contribution in [0.2, 0.25) is 0 Å². The summed E-state index contributed by atoms with van der Waals surface area (Å²) in [7, 11) is 0. The van der Waals surface area contributed by atoms with Gasteiger partial charge in [0.2, 0.25) is 5.95 Å². The van der Waals surface area contributed by atoms with E-state index < -0.39 is 12.1 Å². The average Bonchev–Trinajstić information content (AvgIpc) is 3.11. The number of halogens is 3. The Morgan fingerprint density at radius 1 is 1.13 bits per heavy atom. The van der Waals surface area contributed by atoms with Gasteiger partial charge in [-0.25, -0.2) is 9.67 Å². The normalized spacial score (nSPS) is 12.8. The van der Waals surface area contributed by atoms with Crippen LogP contribution in [-0.4, -0.2) is 20.9 Å². The van der Waals surface area contributed by atoms with Gasteiger partial charge in [-0.05, 0) is 60.7 Å². The average molecular weight is 411 g/mol. The van der Waals surface area contributed by atoms with Crippen molar-refractivity contribution < 1.29 is 13.2 Å². The third kappa shape index (κ3) is 4.35. The minimum absolute atomic E-state index is 0.0552. The molecule has 2 aromatic carbocycles. The summed E-state index contributed by atoms with van der Waals surface area (Å²) >= 11 is 0. The molecule has 0 radical (unpaired) electrons. The van der Waals surface area contributed by atoms with Gasteiger partial charge in [0.05, 0.1) is 17.2 Å². The fourth-order valence-corrected chi connectivity index (χ4v) is 3.20. The van der Waals surface area contributed by atoms with Crippen molar-refractivity contribution in [3.63, 3.8) is 0 Å². The first kappa shape index (κ1) is 21.1. The zero-order chi connectivity index (χ0) is 22.1. The number of allylic oxidation sites excluding steroid dienone is 1. The minimum Gasteiger partial charge on any atom is -0.366 e. The third-order valence-electron chi connectivity index (χ3n) is 5.04. The molecule has 1 heterocycles. The number of alkyl halides is 3. The van der Waals surface area contributed by atoms with Crippen molar-refractivity contribution >= 4 is 12.0 Å². The summed E-state index contributed by atoms with van der Waals surface area (Å²) in [6.45, 7) is 5.50. The summed E-state index contributed by atoms with van der Waals surface area (Å²) in [5, 5.41) is 13.4. The first-order valence-electron chi connectivity index (χ1n) is 9.14. The molecular weight excluding hydrogens is 391 g/mol. The van der Waals surface area contributed by atoms with E-state index in [1.807, 2.05) is 13.0 Å². The molecule has 1 aromatic heterocycles. The number of nitrogens with two attached hydrogens (primary N) is 1. The number of hydrogen-bond acceptors (Lipinski definition) is 4. The number of benzene rings is 2. The molecule has 1 atom stereocenters. The minimum atomic E-state index is -4.44. The summed E-state index contributed by atoms with van der Waals surface area (Å²) < 4.78 is 42.7. The lowest BCUT2D eigenvalue weighted by Gasteiger charge is -2.19. The highest BCUT2D eigenvalue weighted by Crippen LogP contribution is 2.37. The monoisotopic (exact) mass is 411 g/mol. The largest absolute Gasteiger partial charge is 0.399 e.